The zero-order valence-corrected chi connectivity index (χ0v) is 16.9. The van der Waals surface area contributed by atoms with Crippen molar-refractivity contribution < 1.29 is 13.2 Å². The molecular formula is C19H20N6O4S. The van der Waals surface area contributed by atoms with Crippen LogP contribution in [0, 0.1) is 0 Å². The molecule has 2 aromatic heterocycles. The number of sulfone groups is 1. The molecule has 1 aliphatic carbocycles. The molecule has 0 spiro atoms. The maximum absolute atomic E-state index is 12.7. The topological polar surface area (TPSA) is 129 Å². The second-order valence-corrected chi connectivity index (χ2v) is 10.1. The van der Waals surface area contributed by atoms with Crippen molar-refractivity contribution in [1.29, 1.82) is 0 Å². The highest BCUT2D eigenvalue weighted by atomic mass is 32.2. The van der Waals surface area contributed by atoms with Crippen molar-refractivity contribution in [3.8, 4) is 0 Å². The van der Waals surface area contributed by atoms with E-state index in [1.54, 1.807) is 35.0 Å². The average Bonchev–Trinajstić information content (AvgIpc) is 3.39. The van der Waals surface area contributed by atoms with Gasteiger partial charge in [0, 0.05) is 12.0 Å². The predicted octanol–water partition coefficient (Wildman–Crippen LogP) is 0.864. The predicted molar refractivity (Wildman–Crippen MR) is 109 cm³/mol. The molecule has 3 heterocycles. The lowest BCUT2D eigenvalue weighted by atomic mass is 10.2. The molecule has 30 heavy (non-hydrogen) atoms. The van der Waals surface area contributed by atoms with Gasteiger partial charge in [-0.3, -0.25) is 9.59 Å². The van der Waals surface area contributed by atoms with Gasteiger partial charge in [0.2, 0.25) is 5.91 Å². The molecule has 1 aromatic carbocycles. The van der Waals surface area contributed by atoms with E-state index < -0.39 is 21.3 Å². The summed E-state index contributed by atoms with van der Waals surface area (Å²) >= 11 is 0. The van der Waals surface area contributed by atoms with Gasteiger partial charge in [-0.2, -0.15) is 5.10 Å². The first kappa shape index (κ1) is 18.9. The molecule has 3 aromatic rings. The number of hydrogen-bond acceptors (Lipinski definition) is 7. The van der Waals surface area contributed by atoms with Gasteiger partial charge in [-0.1, -0.05) is 17.3 Å². The molecule has 156 valence electrons. The maximum atomic E-state index is 12.7. The fourth-order valence-corrected chi connectivity index (χ4v) is 5.47. The molecule has 11 heteroatoms. The summed E-state index contributed by atoms with van der Waals surface area (Å²) in [6.45, 7) is -0.302. The number of fused-ring (bicyclic) bond motifs is 1. The second-order valence-electron chi connectivity index (χ2n) is 7.85. The average molecular weight is 428 g/mol. The molecule has 2 fully saturated rings. The minimum atomic E-state index is -3.10. The minimum absolute atomic E-state index is 0.0112. The van der Waals surface area contributed by atoms with Crippen molar-refractivity contribution in [2.24, 2.45) is 0 Å². The van der Waals surface area contributed by atoms with Crippen LogP contribution in [0.5, 0.6) is 0 Å². The van der Waals surface area contributed by atoms with Crippen LogP contribution in [0.25, 0.3) is 10.9 Å². The van der Waals surface area contributed by atoms with Gasteiger partial charge in [-0.25, -0.2) is 17.8 Å². The normalized spacial score (nSPS) is 20.5. The Kier molecular flexibility index (Phi) is 4.42. The summed E-state index contributed by atoms with van der Waals surface area (Å²) in [5.41, 5.74) is 0.927. The Labute approximate surface area is 171 Å². The summed E-state index contributed by atoms with van der Waals surface area (Å²) < 4.78 is 26.4. The molecule has 1 saturated heterocycles. The quantitative estimate of drug-likeness (QED) is 0.638. The largest absolute Gasteiger partial charge is 0.309 e. The first-order valence-corrected chi connectivity index (χ1v) is 11.6. The highest BCUT2D eigenvalue weighted by Crippen LogP contribution is 2.41. The van der Waals surface area contributed by atoms with Crippen molar-refractivity contribution in [2.75, 3.05) is 16.8 Å². The zero-order valence-electron chi connectivity index (χ0n) is 16.1. The molecule has 0 unspecified atom stereocenters. The van der Waals surface area contributed by atoms with Gasteiger partial charge in [0.05, 0.1) is 28.6 Å². The first-order valence-electron chi connectivity index (χ1n) is 9.82. The SMILES string of the molecule is O=C(Cn1nnc2ccccc2c1=O)Nc1cc(C2CC2)nn1[C@H]1CCS(=O)(=O)C1. The van der Waals surface area contributed by atoms with Gasteiger partial charge in [0.15, 0.2) is 9.84 Å². The highest BCUT2D eigenvalue weighted by Gasteiger charge is 2.34. The Morgan fingerprint density at radius 1 is 1.20 bits per heavy atom. The fraction of sp³-hybridized carbons (Fsp3) is 0.421. The molecule has 5 rings (SSSR count). The van der Waals surface area contributed by atoms with Crippen molar-refractivity contribution in [2.45, 2.75) is 37.8 Å². The number of carbonyl (C=O) groups is 1. The number of benzene rings is 1. The van der Waals surface area contributed by atoms with Gasteiger partial charge in [-0.05, 0) is 31.4 Å². The number of hydrogen-bond donors (Lipinski definition) is 1. The lowest BCUT2D eigenvalue weighted by molar-refractivity contribution is -0.117. The van der Waals surface area contributed by atoms with Crippen LogP contribution in [-0.2, 0) is 21.2 Å². The van der Waals surface area contributed by atoms with Crippen LogP contribution in [0.3, 0.4) is 0 Å². The lowest BCUT2D eigenvalue weighted by Crippen LogP contribution is -2.31. The summed E-state index contributed by atoms with van der Waals surface area (Å²) in [6, 6.07) is 8.30. The Bertz CT molecular complexity index is 1310. The zero-order chi connectivity index (χ0) is 20.9. The van der Waals surface area contributed by atoms with Gasteiger partial charge in [0.1, 0.15) is 17.9 Å². The molecule has 1 N–H and O–H groups in total. The van der Waals surface area contributed by atoms with E-state index >= 15 is 0 Å². The molecule has 0 bridgehead atoms. The van der Waals surface area contributed by atoms with Crippen LogP contribution in [-0.4, -0.2) is 50.6 Å². The summed E-state index contributed by atoms with van der Waals surface area (Å²) in [5.74, 6) is 0.481. The number of anilines is 1. The Hall–Kier alpha value is -3.08. The standard InChI is InChI=1S/C19H20N6O4S/c26-18(10-24-19(27)14-3-1-2-4-15(14)21-23-24)20-17-9-16(12-5-6-12)22-25(17)13-7-8-30(28,29)11-13/h1-4,9,12-13H,5-8,10-11H2,(H,20,26)/t13-/m0/s1. The van der Waals surface area contributed by atoms with Crippen LogP contribution in [0.15, 0.2) is 35.1 Å². The third kappa shape index (κ3) is 3.60. The monoisotopic (exact) mass is 428 g/mol. The lowest BCUT2D eigenvalue weighted by Gasteiger charge is -2.14. The summed E-state index contributed by atoms with van der Waals surface area (Å²) in [4.78, 5) is 25.2. The van der Waals surface area contributed by atoms with Gasteiger partial charge in [0.25, 0.3) is 5.56 Å². The molecule has 1 saturated carbocycles. The van der Waals surface area contributed by atoms with E-state index in [0.29, 0.717) is 29.1 Å². The molecule has 1 amide bonds. The van der Waals surface area contributed by atoms with Crippen LogP contribution in [0.1, 0.15) is 36.9 Å². The Morgan fingerprint density at radius 2 is 2.00 bits per heavy atom. The van der Waals surface area contributed by atoms with E-state index in [1.165, 1.54) is 0 Å². The van der Waals surface area contributed by atoms with Crippen molar-refractivity contribution >= 4 is 32.5 Å². The number of rotatable bonds is 5. The molecule has 1 aliphatic heterocycles. The molecule has 0 radical (unpaired) electrons. The maximum Gasteiger partial charge on any atom is 0.278 e. The summed E-state index contributed by atoms with van der Waals surface area (Å²) in [6.07, 6.45) is 2.54. The van der Waals surface area contributed by atoms with Gasteiger partial charge in [-0.15, -0.1) is 5.10 Å². The van der Waals surface area contributed by atoms with E-state index in [9.17, 15) is 18.0 Å². The molecule has 10 nitrogen and oxygen atoms in total. The number of nitrogens with zero attached hydrogens (tertiary/aromatic N) is 5. The fourth-order valence-electron chi connectivity index (χ4n) is 3.78. The second kappa shape index (κ2) is 7.01. The molecular weight excluding hydrogens is 408 g/mol. The van der Waals surface area contributed by atoms with Crippen molar-refractivity contribution in [3.63, 3.8) is 0 Å². The van der Waals surface area contributed by atoms with E-state index in [-0.39, 0.29) is 24.1 Å². The molecule has 1 atom stereocenters. The van der Waals surface area contributed by atoms with E-state index in [4.69, 9.17) is 0 Å². The third-order valence-electron chi connectivity index (χ3n) is 5.49. The Morgan fingerprint density at radius 3 is 2.73 bits per heavy atom. The number of aromatic nitrogens is 5. The molecule has 2 aliphatic rings. The summed E-state index contributed by atoms with van der Waals surface area (Å²) in [7, 11) is -3.10. The number of amides is 1. The van der Waals surface area contributed by atoms with E-state index in [1.807, 2.05) is 0 Å². The highest BCUT2D eigenvalue weighted by molar-refractivity contribution is 7.91. The van der Waals surface area contributed by atoms with Crippen LogP contribution in [0.4, 0.5) is 5.82 Å². The summed E-state index contributed by atoms with van der Waals surface area (Å²) in [5, 5.41) is 15.6. The van der Waals surface area contributed by atoms with Crippen molar-refractivity contribution in [3.05, 3.63) is 46.4 Å². The van der Waals surface area contributed by atoms with Crippen LogP contribution < -0.4 is 10.9 Å². The minimum Gasteiger partial charge on any atom is -0.309 e. The Balaban J connectivity index is 1.40. The number of nitrogens with one attached hydrogen (secondary N) is 1. The van der Waals surface area contributed by atoms with Crippen LogP contribution >= 0.6 is 0 Å². The third-order valence-corrected chi connectivity index (χ3v) is 7.25. The number of carbonyl (C=O) groups excluding carboxylic acids is 1. The van der Waals surface area contributed by atoms with Crippen LogP contribution in [0.2, 0.25) is 0 Å². The van der Waals surface area contributed by atoms with Gasteiger partial charge < -0.3 is 5.32 Å². The smallest absolute Gasteiger partial charge is 0.278 e. The van der Waals surface area contributed by atoms with E-state index in [2.05, 4.69) is 20.7 Å². The van der Waals surface area contributed by atoms with E-state index in [0.717, 1.165) is 23.2 Å². The first-order chi connectivity index (χ1) is 14.4. The van der Waals surface area contributed by atoms with Gasteiger partial charge >= 0.3 is 0 Å². The van der Waals surface area contributed by atoms with Crippen molar-refractivity contribution in [1.82, 2.24) is 24.8 Å².